The van der Waals surface area contributed by atoms with Crippen LogP contribution in [0, 0.1) is 0 Å². The molecule has 1 aromatic heterocycles. The summed E-state index contributed by atoms with van der Waals surface area (Å²) in [6, 6.07) is 3.98. The Kier molecular flexibility index (Phi) is 2.34. The maximum Gasteiger partial charge on any atom is 0.137 e. The van der Waals surface area contributed by atoms with Gasteiger partial charge in [-0.2, -0.15) is 0 Å². The molecular weight excluding hydrogens is 164 g/mol. The van der Waals surface area contributed by atoms with Gasteiger partial charge in [-0.05, 0) is 25.0 Å². The molecule has 1 aliphatic heterocycles. The van der Waals surface area contributed by atoms with E-state index in [1.807, 2.05) is 12.1 Å². The van der Waals surface area contributed by atoms with Crippen molar-refractivity contribution in [3.8, 4) is 5.75 Å². The highest BCUT2D eigenvalue weighted by atomic mass is 16.5. The van der Waals surface area contributed by atoms with E-state index < -0.39 is 0 Å². The van der Waals surface area contributed by atoms with Crippen LogP contribution in [-0.4, -0.2) is 25.2 Å². The lowest BCUT2D eigenvalue weighted by molar-refractivity contribution is 0.413. The maximum absolute atomic E-state index is 5.05. The second-order valence-electron chi connectivity index (χ2n) is 3.25. The van der Waals surface area contributed by atoms with Gasteiger partial charge in [-0.3, -0.25) is 0 Å². The summed E-state index contributed by atoms with van der Waals surface area (Å²) in [4.78, 5) is 6.64. The lowest BCUT2D eigenvalue weighted by Gasteiger charge is -2.15. The first-order valence-electron chi connectivity index (χ1n) is 4.65. The smallest absolute Gasteiger partial charge is 0.137 e. The minimum Gasteiger partial charge on any atom is -0.495 e. The molecule has 13 heavy (non-hydrogen) atoms. The quantitative estimate of drug-likeness (QED) is 0.689. The van der Waals surface area contributed by atoms with Crippen molar-refractivity contribution in [3.63, 3.8) is 0 Å². The third-order valence-electron chi connectivity index (χ3n) is 2.39. The first-order chi connectivity index (χ1) is 6.40. The number of hydrogen-bond acceptors (Lipinski definition) is 3. The minimum absolute atomic E-state index is 0.822. The highest BCUT2D eigenvalue weighted by Gasteiger charge is 2.12. The SMILES string of the molecule is COc1ccc(N2CCCC2)nc1. The molecule has 0 spiro atoms. The summed E-state index contributed by atoms with van der Waals surface area (Å²) in [5.74, 6) is 1.89. The number of aromatic nitrogens is 1. The molecule has 0 atom stereocenters. The van der Waals surface area contributed by atoms with Crippen LogP contribution in [0.4, 0.5) is 5.82 Å². The van der Waals surface area contributed by atoms with Crippen LogP contribution in [0.1, 0.15) is 12.8 Å². The molecule has 0 radical (unpaired) electrons. The number of hydrogen-bond donors (Lipinski definition) is 0. The zero-order valence-corrected chi connectivity index (χ0v) is 7.86. The van der Waals surface area contributed by atoms with Gasteiger partial charge >= 0.3 is 0 Å². The van der Waals surface area contributed by atoms with Gasteiger partial charge in [-0.15, -0.1) is 0 Å². The van der Waals surface area contributed by atoms with Crippen LogP contribution >= 0.6 is 0 Å². The van der Waals surface area contributed by atoms with E-state index in [2.05, 4.69) is 9.88 Å². The Bertz CT molecular complexity index is 265. The number of methoxy groups -OCH3 is 1. The Hall–Kier alpha value is -1.25. The summed E-state index contributed by atoms with van der Waals surface area (Å²) in [6.45, 7) is 2.28. The van der Waals surface area contributed by atoms with Crippen LogP contribution < -0.4 is 9.64 Å². The normalized spacial score (nSPS) is 16.2. The lowest BCUT2D eigenvalue weighted by atomic mass is 10.4. The molecule has 2 heterocycles. The van der Waals surface area contributed by atoms with Crippen molar-refractivity contribution in [2.45, 2.75) is 12.8 Å². The van der Waals surface area contributed by atoms with Gasteiger partial charge in [0.1, 0.15) is 11.6 Å². The van der Waals surface area contributed by atoms with E-state index in [0.29, 0.717) is 0 Å². The summed E-state index contributed by atoms with van der Waals surface area (Å²) in [7, 11) is 1.66. The van der Waals surface area contributed by atoms with Gasteiger partial charge < -0.3 is 9.64 Å². The van der Waals surface area contributed by atoms with Crippen LogP contribution in [0.25, 0.3) is 0 Å². The number of anilines is 1. The fraction of sp³-hybridized carbons (Fsp3) is 0.500. The molecule has 1 aliphatic rings. The van der Waals surface area contributed by atoms with E-state index in [4.69, 9.17) is 4.74 Å². The summed E-state index contributed by atoms with van der Waals surface area (Å²) in [6.07, 6.45) is 4.34. The average molecular weight is 178 g/mol. The van der Waals surface area contributed by atoms with Crippen molar-refractivity contribution in [2.75, 3.05) is 25.1 Å². The lowest BCUT2D eigenvalue weighted by Crippen LogP contribution is -2.18. The standard InChI is InChI=1S/C10H14N2O/c1-13-9-4-5-10(11-8-9)12-6-2-3-7-12/h4-5,8H,2-3,6-7H2,1H3. The van der Waals surface area contributed by atoms with Crippen LogP contribution in [-0.2, 0) is 0 Å². The van der Waals surface area contributed by atoms with E-state index in [0.717, 1.165) is 24.7 Å². The van der Waals surface area contributed by atoms with Gasteiger partial charge in [0.2, 0.25) is 0 Å². The van der Waals surface area contributed by atoms with Gasteiger partial charge in [0.05, 0.1) is 13.3 Å². The second kappa shape index (κ2) is 3.64. The summed E-state index contributed by atoms with van der Waals surface area (Å²) >= 11 is 0. The molecule has 0 saturated carbocycles. The first kappa shape index (κ1) is 8.35. The third-order valence-corrected chi connectivity index (χ3v) is 2.39. The topological polar surface area (TPSA) is 25.4 Å². The Morgan fingerprint density at radius 1 is 1.31 bits per heavy atom. The van der Waals surface area contributed by atoms with Crippen LogP contribution in [0.15, 0.2) is 18.3 Å². The molecule has 0 aromatic carbocycles. The van der Waals surface area contributed by atoms with E-state index in [-0.39, 0.29) is 0 Å². The van der Waals surface area contributed by atoms with Crippen molar-refractivity contribution in [1.82, 2.24) is 4.98 Å². The third kappa shape index (κ3) is 1.74. The fourth-order valence-corrected chi connectivity index (χ4v) is 1.63. The monoisotopic (exact) mass is 178 g/mol. The minimum atomic E-state index is 0.822. The molecule has 1 saturated heterocycles. The summed E-state index contributed by atoms with van der Waals surface area (Å²) in [5.41, 5.74) is 0. The molecular formula is C10H14N2O. The molecule has 0 N–H and O–H groups in total. The van der Waals surface area contributed by atoms with Crippen molar-refractivity contribution in [1.29, 1.82) is 0 Å². The van der Waals surface area contributed by atoms with E-state index in [1.54, 1.807) is 13.3 Å². The summed E-state index contributed by atoms with van der Waals surface area (Å²) < 4.78 is 5.05. The zero-order chi connectivity index (χ0) is 9.10. The van der Waals surface area contributed by atoms with Crippen molar-refractivity contribution >= 4 is 5.82 Å². The van der Waals surface area contributed by atoms with E-state index in [9.17, 15) is 0 Å². The second-order valence-corrected chi connectivity index (χ2v) is 3.25. The Morgan fingerprint density at radius 3 is 2.62 bits per heavy atom. The van der Waals surface area contributed by atoms with Crippen molar-refractivity contribution < 1.29 is 4.74 Å². The fourth-order valence-electron chi connectivity index (χ4n) is 1.63. The highest BCUT2D eigenvalue weighted by Crippen LogP contribution is 2.19. The highest BCUT2D eigenvalue weighted by molar-refractivity contribution is 5.41. The molecule has 0 unspecified atom stereocenters. The number of ether oxygens (including phenoxy) is 1. The largest absolute Gasteiger partial charge is 0.495 e. The number of rotatable bonds is 2. The Balaban J connectivity index is 2.12. The maximum atomic E-state index is 5.05. The zero-order valence-electron chi connectivity index (χ0n) is 7.86. The molecule has 3 heteroatoms. The molecule has 1 aromatic rings. The molecule has 0 bridgehead atoms. The van der Waals surface area contributed by atoms with Crippen LogP contribution in [0.2, 0.25) is 0 Å². The van der Waals surface area contributed by atoms with Crippen LogP contribution in [0.5, 0.6) is 5.75 Å². The molecule has 1 fully saturated rings. The van der Waals surface area contributed by atoms with Crippen LogP contribution in [0.3, 0.4) is 0 Å². The molecule has 70 valence electrons. The Morgan fingerprint density at radius 2 is 2.08 bits per heavy atom. The van der Waals surface area contributed by atoms with Gasteiger partial charge in [0, 0.05) is 13.1 Å². The number of pyridine rings is 1. The van der Waals surface area contributed by atoms with Crippen molar-refractivity contribution in [3.05, 3.63) is 18.3 Å². The molecule has 0 aliphatic carbocycles. The van der Waals surface area contributed by atoms with E-state index >= 15 is 0 Å². The molecule has 0 amide bonds. The van der Waals surface area contributed by atoms with Gasteiger partial charge in [-0.1, -0.05) is 0 Å². The predicted octanol–water partition coefficient (Wildman–Crippen LogP) is 1.69. The molecule has 2 rings (SSSR count). The van der Waals surface area contributed by atoms with Gasteiger partial charge in [0.15, 0.2) is 0 Å². The van der Waals surface area contributed by atoms with E-state index in [1.165, 1.54) is 12.8 Å². The van der Waals surface area contributed by atoms with Gasteiger partial charge in [-0.25, -0.2) is 4.98 Å². The molecule has 3 nitrogen and oxygen atoms in total. The van der Waals surface area contributed by atoms with Crippen molar-refractivity contribution in [2.24, 2.45) is 0 Å². The predicted molar refractivity (Wildman–Crippen MR) is 52.2 cm³/mol. The van der Waals surface area contributed by atoms with Gasteiger partial charge in [0.25, 0.3) is 0 Å². The number of nitrogens with zero attached hydrogens (tertiary/aromatic N) is 2. The first-order valence-corrected chi connectivity index (χ1v) is 4.65. The average Bonchev–Trinajstić information content (AvgIpc) is 2.71. The Labute approximate surface area is 78.3 Å². The summed E-state index contributed by atoms with van der Waals surface area (Å²) in [5, 5.41) is 0.